The Bertz CT molecular complexity index is 289. The SMILES string of the molecule is CN(C)CCc1ncc(F)cc1Br. The molecular formula is C9H12BrFN2. The Kier molecular flexibility index (Phi) is 3.81. The van der Waals surface area contributed by atoms with E-state index in [2.05, 4.69) is 25.8 Å². The third-order valence-corrected chi connectivity index (χ3v) is 2.37. The summed E-state index contributed by atoms with van der Waals surface area (Å²) < 4.78 is 13.4. The van der Waals surface area contributed by atoms with Crippen LogP contribution >= 0.6 is 15.9 Å². The van der Waals surface area contributed by atoms with Crippen LogP contribution in [0.3, 0.4) is 0 Å². The van der Waals surface area contributed by atoms with Crippen molar-refractivity contribution in [2.75, 3.05) is 20.6 Å². The fraction of sp³-hybridized carbons (Fsp3) is 0.444. The van der Waals surface area contributed by atoms with Gasteiger partial charge in [-0.15, -0.1) is 0 Å². The maximum atomic E-state index is 12.6. The molecule has 0 saturated heterocycles. The molecule has 0 aliphatic rings. The topological polar surface area (TPSA) is 16.1 Å². The van der Waals surface area contributed by atoms with Crippen LogP contribution in [-0.2, 0) is 6.42 Å². The number of halogens is 2. The summed E-state index contributed by atoms with van der Waals surface area (Å²) in [6, 6.07) is 1.44. The fourth-order valence-corrected chi connectivity index (χ4v) is 1.48. The molecule has 4 heteroatoms. The zero-order valence-corrected chi connectivity index (χ0v) is 9.31. The van der Waals surface area contributed by atoms with Gasteiger partial charge in [-0.2, -0.15) is 0 Å². The van der Waals surface area contributed by atoms with E-state index in [9.17, 15) is 4.39 Å². The summed E-state index contributed by atoms with van der Waals surface area (Å²) in [6.45, 7) is 0.914. The van der Waals surface area contributed by atoms with Gasteiger partial charge in [0.25, 0.3) is 0 Å². The van der Waals surface area contributed by atoms with E-state index in [1.165, 1.54) is 12.3 Å². The first-order valence-corrected chi connectivity index (χ1v) is 4.83. The molecular weight excluding hydrogens is 235 g/mol. The van der Waals surface area contributed by atoms with Crippen molar-refractivity contribution in [2.45, 2.75) is 6.42 Å². The van der Waals surface area contributed by atoms with Crippen LogP contribution in [0.25, 0.3) is 0 Å². The summed E-state index contributed by atoms with van der Waals surface area (Å²) >= 11 is 3.28. The van der Waals surface area contributed by atoms with Gasteiger partial charge in [-0.05, 0) is 36.1 Å². The molecule has 2 nitrogen and oxygen atoms in total. The maximum absolute atomic E-state index is 12.6. The predicted molar refractivity (Wildman–Crippen MR) is 54.2 cm³/mol. The Labute approximate surface area is 85.9 Å². The van der Waals surface area contributed by atoms with E-state index in [4.69, 9.17) is 0 Å². The number of rotatable bonds is 3. The van der Waals surface area contributed by atoms with Gasteiger partial charge in [0.05, 0.1) is 11.9 Å². The maximum Gasteiger partial charge on any atom is 0.142 e. The largest absolute Gasteiger partial charge is 0.309 e. The molecule has 0 aromatic carbocycles. The molecule has 0 aliphatic heterocycles. The van der Waals surface area contributed by atoms with Crippen LogP contribution in [0.2, 0.25) is 0 Å². The van der Waals surface area contributed by atoms with E-state index in [-0.39, 0.29) is 5.82 Å². The van der Waals surface area contributed by atoms with Gasteiger partial charge in [-0.25, -0.2) is 4.39 Å². The minimum atomic E-state index is -0.305. The first-order valence-electron chi connectivity index (χ1n) is 4.04. The normalized spacial score (nSPS) is 10.8. The van der Waals surface area contributed by atoms with E-state index in [1.54, 1.807) is 0 Å². The Morgan fingerprint density at radius 2 is 2.23 bits per heavy atom. The molecule has 0 amide bonds. The second kappa shape index (κ2) is 4.67. The van der Waals surface area contributed by atoms with Gasteiger partial charge in [0.2, 0.25) is 0 Å². The fourth-order valence-electron chi connectivity index (χ4n) is 0.956. The zero-order chi connectivity index (χ0) is 9.84. The first kappa shape index (κ1) is 10.6. The van der Waals surface area contributed by atoms with Crippen molar-refractivity contribution >= 4 is 15.9 Å². The van der Waals surface area contributed by atoms with Gasteiger partial charge in [-0.3, -0.25) is 4.98 Å². The van der Waals surface area contributed by atoms with E-state index in [0.717, 1.165) is 23.1 Å². The highest BCUT2D eigenvalue weighted by Gasteiger charge is 2.03. The Hall–Kier alpha value is -0.480. The molecule has 0 fully saturated rings. The van der Waals surface area contributed by atoms with E-state index < -0.39 is 0 Å². The molecule has 13 heavy (non-hydrogen) atoms. The highest BCUT2D eigenvalue weighted by Crippen LogP contribution is 2.15. The molecule has 0 spiro atoms. The standard InChI is InChI=1S/C9H12BrFN2/c1-13(2)4-3-9-8(10)5-7(11)6-12-9/h5-6H,3-4H2,1-2H3. The molecule has 0 unspecified atom stereocenters. The molecule has 0 atom stereocenters. The summed E-state index contributed by atoms with van der Waals surface area (Å²) in [4.78, 5) is 6.07. The molecule has 72 valence electrons. The number of aromatic nitrogens is 1. The van der Waals surface area contributed by atoms with Crippen molar-refractivity contribution in [2.24, 2.45) is 0 Å². The van der Waals surface area contributed by atoms with Crippen LogP contribution in [0, 0.1) is 5.82 Å². The monoisotopic (exact) mass is 246 g/mol. The number of pyridine rings is 1. The molecule has 1 heterocycles. The van der Waals surface area contributed by atoms with Crippen LogP contribution in [0.4, 0.5) is 4.39 Å². The Morgan fingerprint density at radius 3 is 2.77 bits per heavy atom. The zero-order valence-electron chi connectivity index (χ0n) is 7.72. The third-order valence-electron chi connectivity index (χ3n) is 1.68. The lowest BCUT2D eigenvalue weighted by atomic mass is 10.2. The van der Waals surface area contributed by atoms with E-state index in [0.29, 0.717) is 0 Å². The van der Waals surface area contributed by atoms with Crippen LogP contribution in [-0.4, -0.2) is 30.5 Å². The lowest BCUT2D eigenvalue weighted by Crippen LogP contribution is -2.15. The van der Waals surface area contributed by atoms with Gasteiger partial charge in [0.15, 0.2) is 0 Å². The van der Waals surface area contributed by atoms with Gasteiger partial charge >= 0.3 is 0 Å². The van der Waals surface area contributed by atoms with Crippen molar-refractivity contribution in [3.8, 4) is 0 Å². The Morgan fingerprint density at radius 1 is 1.54 bits per heavy atom. The van der Waals surface area contributed by atoms with Gasteiger partial charge < -0.3 is 4.90 Å². The molecule has 0 N–H and O–H groups in total. The third kappa shape index (κ3) is 3.40. The van der Waals surface area contributed by atoms with Crippen LogP contribution in [0.5, 0.6) is 0 Å². The summed E-state index contributed by atoms with van der Waals surface area (Å²) in [7, 11) is 3.99. The number of nitrogens with zero attached hydrogens (tertiary/aromatic N) is 2. The predicted octanol–water partition coefficient (Wildman–Crippen LogP) is 2.09. The number of hydrogen-bond donors (Lipinski definition) is 0. The van der Waals surface area contributed by atoms with E-state index in [1.807, 2.05) is 14.1 Å². The molecule has 1 aromatic rings. The quantitative estimate of drug-likeness (QED) is 0.813. The van der Waals surface area contributed by atoms with Crippen LogP contribution in [0.15, 0.2) is 16.7 Å². The lowest BCUT2D eigenvalue weighted by molar-refractivity contribution is 0.411. The van der Waals surface area contributed by atoms with Gasteiger partial charge in [0.1, 0.15) is 5.82 Å². The minimum absolute atomic E-state index is 0.305. The van der Waals surface area contributed by atoms with Crippen molar-refractivity contribution in [1.29, 1.82) is 0 Å². The summed E-state index contributed by atoms with van der Waals surface area (Å²) in [6.07, 6.45) is 2.07. The second-order valence-electron chi connectivity index (χ2n) is 3.14. The molecule has 0 bridgehead atoms. The molecule has 0 radical (unpaired) electrons. The Balaban J connectivity index is 2.67. The lowest BCUT2D eigenvalue weighted by Gasteiger charge is -2.09. The average molecular weight is 247 g/mol. The van der Waals surface area contributed by atoms with Crippen LogP contribution in [0.1, 0.15) is 5.69 Å². The molecule has 0 aliphatic carbocycles. The van der Waals surface area contributed by atoms with Gasteiger partial charge in [0, 0.05) is 17.4 Å². The van der Waals surface area contributed by atoms with Crippen molar-refractivity contribution in [1.82, 2.24) is 9.88 Å². The summed E-state index contributed by atoms with van der Waals surface area (Å²) in [5, 5.41) is 0. The summed E-state index contributed by atoms with van der Waals surface area (Å²) in [5.41, 5.74) is 0.898. The number of hydrogen-bond acceptors (Lipinski definition) is 2. The highest BCUT2D eigenvalue weighted by atomic mass is 79.9. The highest BCUT2D eigenvalue weighted by molar-refractivity contribution is 9.10. The van der Waals surface area contributed by atoms with Crippen molar-refractivity contribution in [3.63, 3.8) is 0 Å². The second-order valence-corrected chi connectivity index (χ2v) is 3.99. The minimum Gasteiger partial charge on any atom is -0.309 e. The molecule has 0 saturated carbocycles. The van der Waals surface area contributed by atoms with Crippen molar-refractivity contribution < 1.29 is 4.39 Å². The van der Waals surface area contributed by atoms with Crippen molar-refractivity contribution in [3.05, 3.63) is 28.2 Å². The molecule has 1 rings (SSSR count). The smallest absolute Gasteiger partial charge is 0.142 e. The average Bonchev–Trinajstić information content (AvgIpc) is 2.02. The molecule has 1 aromatic heterocycles. The first-order chi connectivity index (χ1) is 6.09. The van der Waals surface area contributed by atoms with E-state index >= 15 is 0 Å². The van der Waals surface area contributed by atoms with Crippen LogP contribution < -0.4 is 0 Å². The van der Waals surface area contributed by atoms with Gasteiger partial charge in [-0.1, -0.05) is 0 Å². The summed E-state index contributed by atoms with van der Waals surface area (Å²) in [5.74, 6) is -0.305. The number of likely N-dealkylation sites (N-methyl/N-ethyl adjacent to an activating group) is 1.